The highest BCUT2D eigenvalue weighted by molar-refractivity contribution is 7.18. The van der Waals surface area contributed by atoms with Crippen molar-refractivity contribution in [1.82, 2.24) is 29.2 Å². The summed E-state index contributed by atoms with van der Waals surface area (Å²) < 4.78 is 41.0. The second-order valence-corrected chi connectivity index (χ2v) is 13.9. The van der Waals surface area contributed by atoms with Crippen molar-refractivity contribution in [2.75, 3.05) is 51.1 Å². The molecule has 0 radical (unpaired) electrons. The van der Waals surface area contributed by atoms with Crippen LogP contribution in [0.25, 0.3) is 21.1 Å². The zero-order chi connectivity index (χ0) is 33.3. The van der Waals surface area contributed by atoms with E-state index in [1.807, 2.05) is 6.07 Å². The van der Waals surface area contributed by atoms with Crippen LogP contribution < -0.4 is 11.1 Å². The van der Waals surface area contributed by atoms with E-state index in [-0.39, 0.29) is 22.9 Å². The first-order valence-electron chi connectivity index (χ1n) is 16.0. The van der Waals surface area contributed by atoms with E-state index in [0.29, 0.717) is 34.8 Å². The first-order chi connectivity index (χ1) is 22.5. The van der Waals surface area contributed by atoms with E-state index < -0.39 is 12.6 Å². The number of hydrogen-bond acceptors (Lipinski definition) is 9. The number of carbonyl (C=O) groups is 1. The van der Waals surface area contributed by atoms with Crippen LogP contribution in [0.1, 0.15) is 41.5 Å². The number of nitrogens with two attached hydrogens (primary N) is 1. The number of alkyl halides is 3. The molecule has 3 N–H and O–H groups in total. The van der Waals surface area contributed by atoms with Crippen molar-refractivity contribution in [3.05, 3.63) is 52.3 Å². The van der Waals surface area contributed by atoms with Crippen molar-refractivity contribution in [3.63, 3.8) is 0 Å². The van der Waals surface area contributed by atoms with E-state index in [0.717, 1.165) is 80.9 Å². The molecule has 4 aromatic rings. The lowest BCUT2D eigenvalue weighted by molar-refractivity contribution is -0.126. The first kappa shape index (κ1) is 33.1. The van der Waals surface area contributed by atoms with Crippen molar-refractivity contribution in [3.8, 4) is 6.07 Å². The van der Waals surface area contributed by atoms with Gasteiger partial charge in [0.2, 0.25) is 5.91 Å². The number of halogens is 3. The zero-order valence-corrected chi connectivity index (χ0v) is 27.5. The number of primary amides is 1. The second kappa shape index (κ2) is 13.8. The number of nitrogens with zero attached hydrogens (tertiary/aromatic N) is 7. The molecule has 6 rings (SSSR count). The molecule has 250 valence electrons. The maximum atomic E-state index is 12.9. The molecule has 1 atom stereocenters. The SMILES string of the molecule is Cc1c(CN2CCC(Nc3ncnc4sc(CC(F)(F)F)cc34)CC2)ccc2c1cc(C#N)n2C[C@H](C)N1CCN(CC(N)=O)CC1. The number of nitrogens with one attached hydrogen (secondary N) is 1. The molecule has 0 bridgehead atoms. The molecule has 47 heavy (non-hydrogen) atoms. The smallest absolute Gasteiger partial charge is 0.369 e. The average Bonchev–Trinajstić information content (AvgIpc) is 3.60. The van der Waals surface area contributed by atoms with E-state index in [2.05, 4.69) is 66.6 Å². The Labute approximate surface area is 275 Å². The minimum absolute atomic E-state index is 0.166. The molecule has 2 saturated heterocycles. The fourth-order valence-corrected chi connectivity index (χ4v) is 7.95. The van der Waals surface area contributed by atoms with E-state index in [1.54, 1.807) is 6.07 Å². The van der Waals surface area contributed by atoms with E-state index in [4.69, 9.17) is 5.73 Å². The number of fused-ring (bicyclic) bond motifs is 2. The Morgan fingerprint density at radius 2 is 1.85 bits per heavy atom. The quantitative estimate of drug-likeness (QED) is 0.254. The van der Waals surface area contributed by atoms with E-state index in [1.165, 1.54) is 17.5 Å². The Morgan fingerprint density at radius 3 is 2.53 bits per heavy atom. The number of amides is 1. The molecule has 5 heterocycles. The van der Waals surface area contributed by atoms with Crippen LogP contribution in [0.5, 0.6) is 0 Å². The van der Waals surface area contributed by atoms with Gasteiger partial charge in [0.25, 0.3) is 0 Å². The molecule has 0 unspecified atom stereocenters. The lowest BCUT2D eigenvalue weighted by Gasteiger charge is -2.37. The summed E-state index contributed by atoms with van der Waals surface area (Å²) in [7, 11) is 0. The number of hydrogen-bond donors (Lipinski definition) is 2. The van der Waals surface area contributed by atoms with Gasteiger partial charge in [-0.3, -0.25) is 19.5 Å². The van der Waals surface area contributed by atoms with Crippen LogP contribution in [0.15, 0.2) is 30.6 Å². The third-order valence-electron chi connectivity index (χ3n) is 9.52. The Morgan fingerprint density at radius 1 is 1.11 bits per heavy atom. The summed E-state index contributed by atoms with van der Waals surface area (Å²) in [5.41, 5.74) is 9.50. The maximum Gasteiger partial charge on any atom is 0.393 e. The van der Waals surface area contributed by atoms with Gasteiger partial charge in [0.1, 0.15) is 28.7 Å². The Bertz CT molecular complexity index is 1780. The lowest BCUT2D eigenvalue weighted by atomic mass is 10.0. The maximum absolute atomic E-state index is 12.9. The van der Waals surface area contributed by atoms with Crippen LogP contribution in [0.4, 0.5) is 19.0 Å². The number of rotatable bonds is 10. The lowest BCUT2D eigenvalue weighted by Crippen LogP contribution is -2.52. The number of likely N-dealkylation sites (tertiary alicyclic amines) is 1. The van der Waals surface area contributed by atoms with Crippen molar-refractivity contribution < 1.29 is 18.0 Å². The van der Waals surface area contributed by atoms with Gasteiger partial charge in [-0.2, -0.15) is 18.4 Å². The van der Waals surface area contributed by atoms with Gasteiger partial charge in [-0.15, -0.1) is 11.3 Å². The molecule has 0 aliphatic carbocycles. The van der Waals surface area contributed by atoms with Crippen molar-refractivity contribution in [2.45, 2.75) is 64.5 Å². The fraction of sp³-hybridized carbons (Fsp3) is 0.515. The standard InChI is InChI=1S/C33H40F3N9OS/c1-21(44-11-9-43(10-12-44)19-30(38)46)17-45-25(16-37)13-27-22(2)23(3-4-29(27)45)18-42-7-5-24(6-8-42)41-31-28-14-26(15-33(34,35)36)47-32(28)40-20-39-31/h3-4,13-14,20-21,24H,5-12,15,17-19H2,1-2H3,(H2,38,46)(H,39,40,41)/t21-/m0/s1. The minimum Gasteiger partial charge on any atom is -0.369 e. The van der Waals surface area contributed by atoms with Gasteiger partial charge in [0.05, 0.1) is 18.4 Å². The predicted molar refractivity (Wildman–Crippen MR) is 177 cm³/mol. The van der Waals surface area contributed by atoms with Crippen molar-refractivity contribution in [2.24, 2.45) is 5.73 Å². The predicted octanol–water partition coefficient (Wildman–Crippen LogP) is 4.50. The molecule has 14 heteroatoms. The van der Waals surface area contributed by atoms with Crippen LogP contribution >= 0.6 is 11.3 Å². The third-order valence-corrected chi connectivity index (χ3v) is 10.6. The van der Waals surface area contributed by atoms with Gasteiger partial charge in [0, 0.05) is 80.2 Å². The fourth-order valence-electron chi connectivity index (χ4n) is 6.92. The highest BCUT2D eigenvalue weighted by Gasteiger charge is 2.30. The molecular weight excluding hydrogens is 627 g/mol. The average molecular weight is 668 g/mol. The van der Waals surface area contributed by atoms with Gasteiger partial charge in [0.15, 0.2) is 0 Å². The summed E-state index contributed by atoms with van der Waals surface area (Å²) in [5, 5.41) is 15.2. The first-order valence-corrected chi connectivity index (χ1v) is 16.8. The summed E-state index contributed by atoms with van der Waals surface area (Å²) in [4.78, 5) is 27.6. The molecule has 3 aromatic heterocycles. The Kier molecular flexibility index (Phi) is 9.70. The van der Waals surface area contributed by atoms with Crippen molar-refractivity contribution in [1.29, 1.82) is 5.26 Å². The van der Waals surface area contributed by atoms with Crippen LogP contribution in [0, 0.1) is 18.3 Å². The Balaban J connectivity index is 1.07. The zero-order valence-electron chi connectivity index (χ0n) is 26.7. The summed E-state index contributed by atoms with van der Waals surface area (Å²) in [6, 6.07) is 10.7. The Hall–Kier alpha value is -3.77. The molecular formula is C33H40F3N9OS. The van der Waals surface area contributed by atoms with Gasteiger partial charge in [-0.1, -0.05) is 6.07 Å². The number of aromatic nitrogens is 3. The van der Waals surface area contributed by atoms with Gasteiger partial charge < -0.3 is 15.6 Å². The number of carbonyl (C=O) groups excluding carboxylic acids is 1. The molecule has 10 nitrogen and oxygen atoms in total. The van der Waals surface area contributed by atoms with Crippen LogP contribution in [-0.4, -0.2) is 99.2 Å². The summed E-state index contributed by atoms with van der Waals surface area (Å²) in [6.45, 7) is 11.2. The number of anilines is 1. The number of nitriles is 1. The summed E-state index contributed by atoms with van der Waals surface area (Å²) in [6.07, 6.45) is -2.04. The van der Waals surface area contributed by atoms with Crippen LogP contribution in [-0.2, 0) is 24.3 Å². The summed E-state index contributed by atoms with van der Waals surface area (Å²) >= 11 is 1.06. The van der Waals surface area contributed by atoms with E-state index >= 15 is 0 Å². The topological polar surface area (TPSA) is 119 Å². The van der Waals surface area contributed by atoms with Gasteiger partial charge in [-0.05, 0) is 56.0 Å². The molecule has 2 fully saturated rings. The van der Waals surface area contributed by atoms with Gasteiger partial charge >= 0.3 is 6.18 Å². The molecule has 1 amide bonds. The number of piperidine rings is 1. The second-order valence-electron chi connectivity index (χ2n) is 12.8. The minimum atomic E-state index is -4.26. The van der Waals surface area contributed by atoms with E-state index in [9.17, 15) is 23.2 Å². The monoisotopic (exact) mass is 667 g/mol. The molecule has 1 aromatic carbocycles. The molecule has 0 spiro atoms. The highest BCUT2D eigenvalue weighted by Crippen LogP contribution is 2.33. The molecule has 2 aliphatic heterocycles. The highest BCUT2D eigenvalue weighted by atomic mass is 32.1. The number of thiophene rings is 1. The van der Waals surface area contributed by atoms with Crippen molar-refractivity contribution >= 4 is 44.2 Å². The van der Waals surface area contributed by atoms with Gasteiger partial charge in [-0.25, -0.2) is 9.97 Å². The normalized spacial score (nSPS) is 18.1. The van der Waals surface area contributed by atoms with Crippen LogP contribution in [0.3, 0.4) is 0 Å². The third kappa shape index (κ3) is 7.70. The largest absolute Gasteiger partial charge is 0.393 e. The summed E-state index contributed by atoms with van der Waals surface area (Å²) in [5.74, 6) is 0.293. The van der Waals surface area contributed by atoms with Crippen LogP contribution in [0.2, 0.25) is 0 Å². The molecule has 2 aliphatic rings. The number of benzene rings is 1. The number of aryl methyl sites for hydroxylation is 1. The number of piperazine rings is 1. The molecule has 0 saturated carbocycles.